The summed E-state index contributed by atoms with van der Waals surface area (Å²) < 4.78 is 0. The topological polar surface area (TPSA) is 23.6 Å². The molecule has 1 fully saturated rings. The van der Waals surface area contributed by atoms with Crippen LogP contribution in [0.3, 0.4) is 0 Å². The van der Waals surface area contributed by atoms with E-state index in [-0.39, 0.29) is 11.9 Å². The fourth-order valence-corrected chi connectivity index (χ4v) is 4.53. The summed E-state index contributed by atoms with van der Waals surface area (Å²) >= 11 is 6.34. The van der Waals surface area contributed by atoms with Gasteiger partial charge in [-0.1, -0.05) is 84.4 Å². The first-order valence-electron chi connectivity index (χ1n) is 10.5. The van der Waals surface area contributed by atoms with Crippen LogP contribution in [0.1, 0.15) is 18.1 Å². The molecule has 0 bridgehead atoms. The Bertz CT molecular complexity index is 987. The maximum absolute atomic E-state index is 12.2. The number of nitrogens with zero attached hydrogens (tertiary/aromatic N) is 2. The second-order valence-electron chi connectivity index (χ2n) is 7.97. The summed E-state index contributed by atoms with van der Waals surface area (Å²) in [7, 11) is 0. The van der Waals surface area contributed by atoms with E-state index in [1.807, 2.05) is 35.2 Å². The first-order valence-corrected chi connectivity index (χ1v) is 10.9. The second kappa shape index (κ2) is 9.46. The highest BCUT2D eigenvalue weighted by Gasteiger charge is 2.28. The lowest BCUT2D eigenvalue weighted by atomic mass is 10.0. The van der Waals surface area contributed by atoms with Crippen molar-refractivity contribution >= 4 is 17.5 Å². The highest BCUT2D eigenvalue weighted by molar-refractivity contribution is 6.33. The summed E-state index contributed by atoms with van der Waals surface area (Å²) in [4.78, 5) is 16.6. The smallest absolute Gasteiger partial charge is 0.219 e. The molecule has 0 saturated carbocycles. The van der Waals surface area contributed by atoms with Crippen molar-refractivity contribution < 1.29 is 4.79 Å². The van der Waals surface area contributed by atoms with Gasteiger partial charge in [-0.15, -0.1) is 0 Å². The van der Waals surface area contributed by atoms with Crippen molar-refractivity contribution in [2.45, 2.75) is 25.9 Å². The molecule has 1 aliphatic heterocycles. The first kappa shape index (κ1) is 20.6. The van der Waals surface area contributed by atoms with Crippen LogP contribution in [0.15, 0.2) is 78.9 Å². The van der Waals surface area contributed by atoms with Crippen LogP contribution in [-0.4, -0.2) is 41.4 Å². The summed E-state index contributed by atoms with van der Waals surface area (Å²) in [5.41, 5.74) is 4.75. The van der Waals surface area contributed by atoms with E-state index < -0.39 is 0 Å². The first-order chi connectivity index (χ1) is 14.6. The Morgan fingerprint density at radius 1 is 0.900 bits per heavy atom. The summed E-state index contributed by atoms with van der Waals surface area (Å²) in [5, 5.41) is 0.773. The summed E-state index contributed by atoms with van der Waals surface area (Å²) in [6, 6.07) is 27.2. The van der Waals surface area contributed by atoms with Gasteiger partial charge in [0.15, 0.2) is 0 Å². The van der Waals surface area contributed by atoms with E-state index in [0.29, 0.717) is 0 Å². The Morgan fingerprint density at radius 2 is 1.60 bits per heavy atom. The summed E-state index contributed by atoms with van der Waals surface area (Å²) in [6.45, 7) is 5.14. The minimum absolute atomic E-state index is 0.166. The molecule has 1 heterocycles. The molecule has 30 heavy (non-hydrogen) atoms. The zero-order chi connectivity index (χ0) is 20.9. The SMILES string of the molecule is CC(=O)N1CCN(Cc2ccc(-c3ccccc3Cl)cc2)CC1Cc1ccccc1. The van der Waals surface area contributed by atoms with Gasteiger partial charge >= 0.3 is 0 Å². The second-order valence-corrected chi connectivity index (χ2v) is 8.38. The Balaban J connectivity index is 1.44. The molecule has 1 aliphatic rings. The Labute approximate surface area is 183 Å². The molecule has 0 aliphatic carbocycles. The quantitative estimate of drug-likeness (QED) is 0.562. The number of rotatable bonds is 5. The number of carbonyl (C=O) groups is 1. The lowest BCUT2D eigenvalue weighted by molar-refractivity contribution is -0.133. The average molecular weight is 419 g/mol. The van der Waals surface area contributed by atoms with Crippen LogP contribution in [0, 0.1) is 0 Å². The molecule has 1 unspecified atom stereocenters. The van der Waals surface area contributed by atoms with Crippen LogP contribution in [0.5, 0.6) is 0 Å². The number of carbonyl (C=O) groups excluding carboxylic acids is 1. The largest absolute Gasteiger partial charge is 0.337 e. The normalized spacial score (nSPS) is 17.1. The molecule has 4 rings (SSSR count). The maximum atomic E-state index is 12.2. The van der Waals surface area contributed by atoms with E-state index in [1.165, 1.54) is 11.1 Å². The monoisotopic (exact) mass is 418 g/mol. The Kier molecular flexibility index (Phi) is 6.51. The molecule has 1 atom stereocenters. The minimum atomic E-state index is 0.166. The third-order valence-electron chi connectivity index (χ3n) is 5.83. The Hall–Kier alpha value is -2.62. The molecule has 3 aromatic carbocycles. The minimum Gasteiger partial charge on any atom is -0.337 e. The average Bonchev–Trinajstić information content (AvgIpc) is 2.75. The predicted octanol–water partition coefficient (Wildman–Crippen LogP) is 5.28. The van der Waals surface area contributed by atoms with Crippen LogP contribution >= 0.6 is 11.6 Å². The molecule has 4 heteroatoms. The van der Waals surface area contributed by atoms with E-state index >= 15 is 0 Å². The third-order valence-corrected chi connectivity index (χ3v) is 6.16. The van der Waals surface area contributed by atoms with Crippen LogP contribution in [0.25, 0.3) is 11.1 Å². The number of amides is 1. The van der Waals surface area contributed by atoms with E-state index in [2.05, 4.69) is 53.4 Å². The predicted molar refractivity (Wildman–Crippen MR) is 123 cm³/mol. The van der Waals surface area contributed by atoms with Gasteiger partial charge in [-0.3, -0.25) is 9.69 Å². The zero-order valence-corrected chi connectivity index (χ0v) is 18.1. The van der Waals surface area contributed by atoms with Gasteiger partial charge in [0.1, 0.15) is 0 Å². The number of benzene rings is 3. The van der Waals surface area contributed by atoms with Crippen LogP contribution < -0.4 is 0 Å². The molecule has 0 radical (unpaired) electrons. The van der Waals surface area contributed by atoms with Gasteiger partial charge in [-0.25, -0.2) is 0 Å². The number of hydrogen-bond acceptors (Lipinski definition) is 2. The van der Waals surface area contributed by atoms with Gasteiger partial charge in [-0.05, 0) is 29.2 Å². The zero-order valence-electron chi connectivity index (χ0n) is 17.3. The van der Waals surface area contributed by atoms with Gasteiger partial charge in [-0.2, -0.15) is 0 Å². The van der Waals surface area contributed by atoms with Crippen molar-refractivity contribution in [2.75, 3.05) is 19.6 Å². The van der Waals surface area contributed by atoms with E-state index in [0.717, 1.165) is 48.7 Å². The van der Waals surface area contributed by atoms with Gasteiger partial charge in [0, 0.05) is 49.7 Å². The molecule has 0 N–H and O–H groups in total. The molecule has 3 nitrogen and oxygen atoms in total. The number of halogens is 1. The van der Waals surface area contributed by atoms with Crippen LogP contribution in [0.2, 0.25) is 5.02 Å². The van der Waals surface area contributed by atoms with Crippen molar-refractivity contribution in [2.24, 2.45) is 0 Å². The lowest BCUT2D eigenvalue weighted by Crippen LogP contribution is -2.55. The van der Waals surface area contributed by atoms with Gasteiger partial charge in [0.25, 0.3) is 0 Å². The standard InChI is InChI=1S/C26H27ClN2O/c1-20(30)29-16-15-28(19-24(29)17-21-7-3-2-4-8-21)18-22-11-13-23(14-12-22)25-9-5-6-10-26(25)27/h2-14,24H,15-19H2,1H3. The molecule has 1 saturated heterocycles. The van der Waals surface area contributed by atoms with Crippen molar-refractivity contribution in [3.8, 4) is 11.1 Å². The van der Waals surface area contributed by atoms with E-state index in [1.54, 1.807) is 6.92 Å². The van der Waals surface area contributed by atoms with Gasteiger partial charge in [0.05, 0.1) is 0 Å². The molecule has 0 spiro atoms. The van der Waals surface area contributed by atoms with Crippen molar-refractivity contribution in [3.05, 3.63) is 95.0 Å². The van der Waals surface area contributed by atoms with Crippen molar-refractivity contribution in [1.82, 2.24) is 9.80 Å². The molecular formula is C26H27ClN2O. The van der Waals surface area contributed by atoms with Crippen molar-refractivity contribution in [3.63, 3.8) is 0 Å². The lowest BCUT2D eigenvalue weighted by Gasteiger charge is -2.41. The molecular weight excluding hydrogens is 392 g/mol. The third kappa shape index (κ3) is 4.92. The van der Waals surface area contributed by atoms with E-state index in [9.17, 15) is 4.79 Å². The van der Waals surface area contributed by atoms with E-state index in [4.69, 9.17) is 11.6 Å². The maximum Gasteiger partial charge on any atom is 0.219 e. The van der Waals surface area contributed by atoms with Crippen LogP contribution in [0.4, 0.5) is 0 Å². The molecule has 154 valence electrons. The summed E-state index contributed by atoms with van der Waals surface area (Å²) in [5.74, 6) is 0.166. The molecule has 3 aromatic rings. The Morgan fingerprint density at radius 3 is 2.30 bits per heavy atom. The molecule has 0 aromatic heterocycles. The fourth-order valence-electron chi connectivity index (χ4n) is 4.28. The van der Waals surface area contributed by atoms with Crippen molar-refractivity contribution in [1.29, 1.82) is 0 Å². The fraction of sp³-hybridized carbons (Fsp3) is 0.269. The van der Waals surface area contributed by atoms with Gasteiger partial charge in [0.2, 0.25) is 5.91 Å². The highest BCUT2D eigenvalue weighted by atomic mass is 35.5. The highest BCUT2D eigenvalue weighted by Crippen LogP contribution is 2.28. The number of hydrogen-bond donors (Lipinski definition) is 0. The summed E-state index contributed by atoms with van der Waals surface area (Å²) in [6.07, 6.45) is 0.891. The van der Waals surface area contributed by atoms with Crippen LogP contribution in [-0.2, 0) is 17.8 Å². The molecule has 1 amide bonds. The number of piperazine rings is 1. The van der Waals surface area contributed by atoms with Gasteiger partial charge < -0.3 is 4.90 Å².